The summed E-state index contributed by atoms with van der Waals surface area (Å²) in [6.45, 7) is 4.44. The first-order valence-electron chi connectivity index (χ1n) is 7.29. The molecular formula is C15H21N2O3+. The number of carbonyl (C=O) groups is 1. The van der Waals surface area contributed by atoms with Crippen molar-refractivity contribution in [1.82, 2.24) is 0 Å². The molecule has 1 aromatic carbocycles. The summed E-state index contributed by atoms with van der Waals surface area (Å²) >= 11 is 0. The average molecular weight is 277 g/mol. The molecule has 2 aliphatic heterocycles. The van der Waals surface area contributed by atoms with Crippen LogP contribution in [0, 0.1) is 0 Å². The van der Waals surface area contributed by atoms with E-state index in [1.165, 1.54) is 24.2 Å². The van der Waals surface area contributed by atoms with E-state index in [2.05, 4.69) is 5.32 Å². The molecule has 0 aliphatic carbocycles. The van der Waals surface area contributed by atoms with Crippen molar-refractivity contribution in [3.05, 3.63) is 18.2 Å². The highest BCUT2D eigenvalue weighted by molar-refractivity contribution is 5.93. The van der Waals surface area contributed by atoms with Gasteiger partial charge in [-0.05, 0) is 38.3 Å². The minimum Gasteiger partial charge on any atom is -0.454 e. The second kappa shape index (κ2) is 5.71. The van der Waals surface area contributed by atoms with E-state index in [9.17, 15) is 4.79 Å². The lowest BCUT2D eigenvalue weighted by molar-refractivity contribution is -0.918. The Bertz CT molecular complexity index is 498. The summed E-state index contributed by atoms with van der Waals surface area (Å²) in [5, 5.41) is 2.97. The first-order chi connectivity index (χ1) is 9.74. The Hall–Kier alpha value is -1.75. The number of nitrogens with one attached hydrogen (secondary N) is 2. The number of fused-ring (bicyclic) bond motifs is 1. The molecule has 5 nitrogen and oxygen atoms in total. The number of hydrogen-bond acceptors (Lipinski definition) is 3. The molecule has 0 bridgehead atoms. The second-order valence-corrected chi connectivity index (χ2v) is 5.50. The summed E-state index contributed by atoms with van der Waals surface area (Å²) < 4.78 is 10.6. The maximum absolute atomic E-state index is 12.3. The third kappa shape index (κ3) is 2.72. The van der Waals surface area contributed by atoms with Crippen LogP contribution in [0.1, 0.15) is 26.2 Å². The van der Waals surface area contributed by atoms with Crippen molar-refractivity contribution >= 4 is 11.6 Å². The van der Waals surface area contributed by atoms with E-state index < -0.39 is 0 Å². The predicted octanol–water partition coefficient (Wildman–Crippen LogP) is 0.811. The number of likely N-dealkylation sites (tertiary alicyclic amines) is 1. The van der Waals surface area contributed by atoms with E-state index in [0.29, 0.717) is 5.75 Å². The molecule has 0 unspecified atom stereocenters. The fourth-order valence-corrected chi connectivity index (χ4v) is 2.85. The lowest BCUT2D eigenvalue weighted by Crippen LogP contribution is -3.17. The van der Waals surface area contributed by atoms with Crippen LogP contribution in [-0.4, -0.2) is 31.8 Å². The Morgan fingerprint density at radius 2 is 1.95 bits per heavy atom. The lowest BCUT2D eigenvalue weighted by Gasteiger charge is -2.28. The maximum atomic E-state index is 12.3. The van der Waals surface area contributed by atoms with Crippen molar-refractivity contribution < 1.29 is 19.2 Å². The Labute approximate surface area is 118 Å². The molecule has 1 aromatic rings. The number of piperidine rings is 1. The minimum absolute atomic E-state index is 0.0132. The van der Waals surface area contributed by atoms with Crippen LogP contribution >= 0.6 is 0 Å². The van der Waals surface area contributed by atoms with Gasteiger partial charge in [0, 0.05) is 11.8 Å². The number of amides is 1. The van der Waals surface area contributed by atoms with E-state index in [1.807, 2.05) is 25.1 Å². The molecule has 0 saturated carbocycles. The summed E-state index contributed by atoms with van der Waals surface area (Å²) in [6.07, 6.45) is 3.73. The molecule has 0 radical (unpaired) electrons. The summed E-state index contributed by atoms with van der Waals surface area (Å²) in [7, 11) is 0. The Kier molecular flexibility index (Phi) is 3.78. The summed E-state index contributed by atoms with van der Waals surface area (Å²) in [6, 6.07) is 5.49. The maximum Gasteiger partial charge on any atom is 0.282 e. The quantitative estimate of drug-likeness (QED) is 0.860. The van der Waals surface area contributed by atoms with Gasteiger partial charge in [0.15, 0.2) is 17.5 Å². The highest BCUT2D eigenvalue weighted by Gasteiger charge is 2.26. The molecule has 1 saturated heterocycles. The molecule has 5 heteroatoms. The number of rotatable bonds is 3. The van der Waals surface area contributed by atoms with Gasteiger partial charge in [-0.3, -0.25) is 4.79 Å². The van der Waals surface area contributed by atoms with E-state index in [1.54, 1.807) is 0 Å². The molecule has 0 aromatic heterocycles. The van der Waals surface area contributed by atoms with Crippen molar-refractivity contribution in [2.75, 3.05) is 25.2 Å². The van der Waals surface area contributed by atoms with Crippen LogP contribution in [0.3, 0.4) is 0 Å². The van der Waals surface area contributed by atoms with Gasteiger partial charge in [0.25, 0.3) is 5.91 Å². The molecule has 1 amide bonds. The third-order valence-corrected chi connectivity index (χ3v) is 4.14. The van der Waals surface area contributed by atoms with Crippen LogP contribution < -0.4 is 19.7 Å². The van der Waals surface area contributed by atoms with Gasteiger partial charge in [-0.1, -0.05) is 0 Å². The Balaban J connectivity index is 1.63. The molecule has 1 fully saturated rings. The first-order valence-corrected chi connectivity index (χ1v) is 7.29. The fourth-order valence-electron chi connectivity index (χ4n) is 2.85. The van der Waals surface area contributed by atoms with Gasteiger partial charge in [-0.25, -0.2) is 0 Å². The highest BCUT2D eigenvalue weighted by Crippen LogP contribution is 2.34. The molecule has 2 aliphatic rings. The topological polar surface area (TPSA) is 52.0 Å². The predicted molar refractivity (Wildman–Crippen MR) is 75.2 cm³/mol. The van der Waals surface area contributed by atoms with E-state index in [0.717, 1.165) is 24.5 Å². The van der Waals surface area contributed by atoms with Crippen molar-refractivity contribution in [2.24, 2.45) is 0 Å². The number of ether oxygens (including phenoxy) is 2. The van der Waals surface area contributed by atoms with Crippen LogP contribution in [0.5, 0.6) is 11.5 Å². The van der Waals surface area contributed by atoms with E-state index in [4.69, 9.17) is 9.47 Å². The van der Waals surface area contributed by atoms with Crippen molar-refractivity contribution in [3.8, 4) is 11.5 Å². The van der Waals surface area contributed by atoms with Gasteiger partial charge >= 0.3 is 0 Å². The van der Waals surface area contributed by atoms with Crippen LogP contribution in [0.15, 0.2) is 18.2 Å². The smallest absolute Gasteiger partial charge is 0.282 e. The van der Waals surface area contributed by atoms with Crippen LogP contribution in [0.4, 0.5) is 5.69 Å². The number of benzene rings is 1. The molecule has 2 N–H and O–H groups in total. The fraction of sp³-hybridized carbons (Fsp3) is 0.533. The zero-order chi connectivity index (χ0) is 13.9. The zero-order valence-electron chi connectivity index (χ0n) is 11.8. The minimum atomic E-state index is -0.0132. The number of hydrogen-bond donors (Lipinski definition) is 2. The number of quaternary nitrogens is 1. The molecule has 2 heterocycles. The van der Waals surface area contributed by atoms with E-state index in [-0.39, 0.29) is 18.7 Å². The molecular weight excluding hydrogens is 256 g/mol. The molecule has 0 spiro atoms. The van der Waals surface area contributed by atoms with Crippen molar-refractivity contribution in [2.45, 2.75) is 32.2 Å². The average Bonchev–Trinajstić information content (AvgIpc) is 2.95. The molecule has 1 atom stereocenters. The summed E-state index contributed by atoms with van der Waals surface area (Å²) in [5.41, 5.74) is 0.766. The second-order valence-electron chi connectivity index (χ2n) is 5.50. The SMILES string of the molecule is C[C@H](C(=O)Nc1ccc2c(c1)OCO2)[NH+]1CCCCC1. The van der Waals surface area contributed by atoms with Crippen molar-refractivity contribution in [1.29, 1.82) is 0 Å². The largest absolute Gasteiger partial charge is 0.454 e. The zero-order valence-corrected chi connectivity index (χ0v) is 11.8. The standard InChI is InChI=1S/C15H20N2O3/c1-11(17-7-3-2-4-8-17)15(18)16-12-5-6-13-14(9-12)20-10-19-13/h5-6,9,11H,2-4,7-8,10H2,1H3,(H,16,18)/p+1/t11-/m1/s1. The Morgan fingerprint density at radius 3 is 2.75 bits per heavy atom. The van der Waals surface area contributed by atoms with Crippen LogP contribution in [0.2, 0.25) is 0 Å². The number of anilines is 1. The third-order valence-electron chi connectivity index (χ3n) is 4.14. The molecule has 3 rings (SSSR count). The first kappa shape index (κ1) is 13.2. The Morgan fingerprint density at radius 1 is 1.20 bits per heavy atom. The van der Waals surface area contributed by atoms with Gasteiger partial charge in [0.2, 0.25) is 6.79 Å². The van der Waals surface area contributed by atoms with Crippen molar-refractivity contribution in [3.63, 3.8) is 0 Å². The molecule has 108 valence electrons. The monoisotopic (exact) mass is 277 g/mol. The van der Waals surface area contributed by atoms with Gasteiger partial charge < -0.3 is 19.7 Å². The van der Waals surface area contributed by atoms with Crippen LogP contribution in [0.25, 0.3) is 0 Å². The van der Waals surface area contributed by atoms with E-state index >= 15 is 0 Å². The van der Waals surface area contributed by atoms with Gasteiger partial charge in [-0.15, -0.1) is 0 Å². The number of carbonyl (C=O) groups excluding carboxylic acids is 1. The lowest BCUT2D eigenvalue weighted by atomic mass is 10.1. The van der Waals surface area contributed by atoms with Gasteiger partial charge in [-0.2, -0.15) is 0 Å². The summed E-state index contributed by atoms with van der Waals surface area (Å²) in [4.78, 5) is 13.7. The highest BCUT2D eigenvalue weighted by atomic mass is 16.7. The van der Waals surface area contributed by atoms with Gasteiger partial charge in [0.1, 0.15) is 0 Å². The normalized spacial score (nSPS) is 19.6. The van der Waals surface area contributed by atoms with Gasteiger partial charge in [0.05, 0.1) is 13.1 Å². The molecule has 20 heavy (non-hydrogen) atoms. The van der Waals surface area contributed by atoms with Crippen LogP contribution in [-0.2, 0) is 4.79 Å². The summed E-state index contributed by atoms with van der Waals surface area (Å²) in [5.74, 6) is 1.50.